The monoisotopic (exact) mass is 189 g/mol. The molecule has 0 aromatic carbocycles. The zero-order chi connectivity index (χ0) is 10.5. The summed E-state index contributed by atoms with van der Waals surface area (Å²) in [4.78, 5) is 21.4. The zero-order valence-corrected chi connectivity index (χ0v) is 7.79. The van der Waals surface area contributed by atoms with E-state index in [-0.39, 0.29) is 13.0 Å². The zero-order valence-electron chi connectivity index (χ0n) is 7.79. The lowest BCUT2D eigenvalue weighted by Gasteiger charge is -2.23. The lowest BCUT2D eigenvalue weighted by Crippen LogP contribution is -2.56. The number of nitrogens with two attached hydrogens (primary N) is 2. The van der Waals surface area contributed by atoms with E-state index in [1.165, 1.54) is 6.92 Å². The van der Waals surface area contributed by atoms with Gasteiger partial charge < -0.3 is 21.5 Å². The summed E-state index contributed by atoms with van der Waals surface area (Å²) in [6.45, 7) is 3.45. The van der Waals surface area contributed by atoms with Gasteiger partial charge in [-0.1, -0.05) is 0 Å². The van der Waals surface area contributed by atoms with E-state index in [0.717, 1.165) is 0 Å². The third-order valence-corrected chi connectivity index (χ3v) is 1.23. The Kier molecular flexibility index (Phi) is 4.19. The average Bonchev–Trinajstić information content (AvgIpc) is 1.81. The van der Waals surface area contributed by atoms with Gasteiger partial charge in [-0.2, -0.15) is 0 Å². The highest BCUT2D eigenvalue weighted by Gasteiger charge is 2.24. The minimum absolute atomic E-state index is 0.107. The lowest BCUT2D eigenvalue weighted by molar-refractivity contribution is -0.144. The number of amides is 2. The Morgan fingerprint density at radius 3 is 2.46 bits per heavy atom. The van der Waals surface area contributed by atoms with Crippen molar-refractivity contribution in [1.29, 1.82) is 0 Å². The molecule has 0 radical (unpaired) electrons. The summed E-state index contributed by atoms with van der Waals surface area (Å²) in [6.07, 6.45) is -0.107. The van der Waals surface area contributed by atoms with Crippen molar-refractivity contribution in [2.75, 3.05) is 6.61 Å². The van der Waals surface area contributed by atoms with Gasteiger partial charge in [-0.3, -0.25) is 4.79 Å². The summed E-state index contributed by atoms with van der Waals surface area (Å²) in [5, 5.41) is 2.22. The first kappa shape index (κ1) is 11.7. The fourth-order valence-electron chi connectivity index (χ4n) is 0.837. The van der Waals surface area contributed by atoms with Crippen LogP contribution in [0.1, 0.15) is 20.3 Å². The van der Waals surface area contributed by atoms with Crippen LogP contribution in [-0.4, -0.2) is 24.3 Å². The minimum Gasteiger partial charge on any atom is -0.466 e. The highest BCUT2D eigenvalue weighted by atomic mass is 16.5. The van der Waals surface area contributed by atoms with Crippen LogP contribution in [0.15, 0.2) is 0 Å². The molecule has 6 heteroatoms. The van der Waals surface area contributed by atoms with Crippen LogP contribution in [0, 0.1) is 0 Å². The summed E-state index contributed by atoms with van der Waals surface area (Å²) in [6, 6.07) is -0.769. The molecule has 76 valence electrons. The molecular weight excluding hydrogens is 174 g/mol. The van der Waals surface area contributed by atoms with E-state index < -0.39 is 17.7 Å². The van der Waals surface area contributed by atoms with Gasteiger partial charge in [-0.05, 0) is 13.8 Å². The maximum Gasteiger partial charge on any atom is 0.313 e. The summed E-state index contributed by atoms with van der Waals surface area (Å²) in [7, 11) is 0. The molecule has 0 rings (SSSR count). The molecule has 0 fully saturated rings. The molecule has 0 aliphatic heterocycles. The van der Waals surface area contributed by atoms with Gasteiger partial charge in [0.05, 0.1) is 18.7 Å². The van der Waals surface area contributed by atoms with Crippen molar-refractivity contribution in [3.8, 4) is 0 Å². The second-order valence-electron chi connectivity index (χ2n) is 2.89. The van der Waals surface area contributed by atoms with Crippen molar-refractivity contribution in [2.24, 2.45) is 11.5 Å². The maximum absolute atomic E-state index is 10.9. The van der Waals surface area contributed by atoms with Crippen LogP contribution in [0.5, 0.6) is 0 Å². The molecule has 0 bridgehead atoms. The fourth-order valence-corrected chi connectivity index (χ4v) is 0.837. The number of primary amides is 1. The molecule has 0 aromatic rings. The van der Waals surface area contributed by atoms with Crippen LogP contribution < -0.4 is 16.8 Å². The SMILES string of the molecule is CCOC(=O)CC(C)(N)NC(N)=O. The van der Waals surface area contributed by atoms with E-state index in [1.807, 2.05) is 0 Å². The molecule has 0 aromatic heterocycles. The van der Waals surface area contributed by atoms with Gasteiger partial charge in [0.1, 0.15) is 0 Å². The minimum atomic E-state index is -1.15. The highest BCUT2D eigenvalue weighted by molar-refractivity contribution is 5.75. The number of hydrogen-bond acceptors (Lipinski definition) is 4. The molecule has 0 saturated carbocycles. The number of carbonyl (C=O) groups excluding carboxylic acids is 2. The second-order valence-corrected chi connectivity index (χ2v) is 2.89. The van der Waals surface area contributed by atoms with Crippen LogP contribution in [0.2, 0.25) is 0 Å². The van der Waals surface area contributed by atoms with E-state index in [9.17, 15) is 9.59 Å². The van der Waals surface area contributed by atoms with Crippen molar-refractivity contribution in [3.05, 3.63) is 0 Å². The third-order valence-electron chi connectivity index (χ3n) is 1.23. The maximum atomic E-state index is 10.9. The van der Waals surface area contributed by atoms with Gasteiger partial charge in [0, 0.05) is 0 Å². The Morgan fingerprint density at radius 2 is 2.08 bits per heavy atom. The van der Waals surface area contributed by atoms with Gasteiger partial charge in [-0.15, -0.1) is 0 Å². The Hall–Kier alpha value is -1.30. The number of rotatable bonds is 4. The molecule has 1 unspecified atom stereocenters. The number of carbonyl (C=O) groups is 2. The fraction of sp³-hybridized carbons (Fsp3) is 0.714. The third kappa shape index (κ3) is 5.92. The summed E-state index contributed by atoms with van der Waals surface area (Å²) in [5.41, 5.74) is 9.23. The first-order chi connectivity index (χ1) is 5.87. The van der Waals surface area contributed by atoms with Crippen molar-refractivity contribution >= 4 is 12.0 Å². The number of hydrogen-bond donors (Lipinski definition) is 3. The van der Waals surface area contributed by atoms with Crippen LogP contribution in [0.25, 0.3) is 0 Å². The van der Waals surface area contributed by atoms with Crippen molar-refractivity contribution in [3.63, 3.8) is 0 Å². The van der Waals surface area contributed by atoms with Crippen LogP contribution >= 0.6 is 0 Å². The number of esters is 1. The van der Waals surface area contributed by atoms with E-state index >= 15 is 0 Å². The first-order valence-corrected chi connectivity index (χ1v) is 3.89. The number of urea groups is 1. The predicted molar refractivity (Wildman–Crippen MR) is 46.6 cm³/mol. The molecule has 5 N–H and O–H groups in total. The molecule has 6 nitrogen and oxygen atoms in total. The van der Waals surface area contributed by atoms with Crippen LogP contribution in [0.4, 0.5) is 4.79 Å². The molecule has 1 atom stereocenters. The summed E-state index contributed by atoms with van der Waals surface area (Å²) in [5.74, 6) is -0.471. The predicted octanol–water partition coefficient (Wildman–Crippen LogP) is -0.717. The average molecular weight is 189 g/mol. The smallest absolute Gasteiger partial charge is 0.313 e. The van der Waals surface area contributed by atoms with Gasteiger partial charge in [0.25, 0.3) is 0 Å². The van der Waals surface area contributed by atoms with Crippen molar-refractivity contribution < 1.29 is 14.3 Å². The Balaban J connectivity index is 4.00. The molecule has 0 spiro atoms. The summed E-state index contributed by atoms with van der Waals surface area (Å²) >= 11 is 0. The van der Waals surface area contributed by atoms with E-state index in [4.69, 9.17) is 11.5 Å². The molecule has 2 amide bonds. The molecule has 0 heterocycles. The normalized spacial score (nSPS) is 14.4. The van der Waals surface area contributed by atoms with Crippen LogP contribution in [-0.2, 0) is 9.53 Å². The highest BCUT2D eigenvalue weighted by Crippen LogP contribution is 2.02. The topological polar surface area (TPSA) is 107 Å². The van der Waals surface area contributed by atoms with Gasteiger partial charge >= 0.3 is 12.0 Å². The molecule has 0 aliphatic rings. The standard InChI is InChI=1S/C7H15N3O3/c1-3-13-5(11)4-7(2,9)10-6(8)12/h3-4,9H2,1-2H3,(H3,8,10,12). The Labute approximate surface area is 76.6 Å². The number of ether oxygens (including phenoxy) is 1. The second kappa shape index (κ2) is 4.66. The van der Waals surface area contributed by atoms with Crippen molar-refractivity contribution in [2.45, 2.75) is 25.9 Å². The van der Waals surface area contributed by atoms with E-state index in [0.29, 0.717) is 0 Å². The van der Waals surface area contributed by atoms with Gasteiger partial charge in [0.15, 0.2) is 0 Å². The van der Waals surface area contributed by atoms with Gasteiger partial charge in [0.2, 0.25) is 0 Å². The van der Waals surface area contributed by atoms with Gasteiger partial charge in [-0.25, -0.2) is 4.79 Å². The van der Waals surface area contributed by atoms with Crippen molar-refractivity contribution in [1.82, 2.24) is 5.32 Å². The van der Waals surface area contributed by atoms with E-state index in [1.54, 1.807) is 6.92 Å². The van der Waals surface area contributed by atoms with Crippen LogP contribution in [0.3, 0.4) is 0 Å². The summed E-state index contributed by atoms with van der Waals surface area (Å²) < 4.78 is 4.65. The Morgan fingerprint density at radius 1 is 1.54 bits per heavy atom. The molecule has 13 heavy (non-hydrogen) atoms. The van der Waals surface area contributed by atoms with E-state index in [2.05, 4.69) is 10.1 Å². The molecular formula is C7H15N3O3. The number of nitrogens with one attached hydrogen (secondary N) is 1. The lowest BCUT2D eigenvalue weighted by atomic mass is 10.1. The molecule has 0 aliphatic carbocycles. The first-order valence-electron chi connectivity index (χ1n) is 3.89. The molecule has 0 saturated heterocycles. The quantitative estimate of drug-likeness (QED) is 0.400. The Bertz CT molecular complexity index is 203. The largest absolute Gasteiger partial charge is 0.466 e.